The SMILES string of the molecule is CC(C)Cn1ncc(NC2CCC(=O)NC2=O)c(Cl)c1=O. The van der Waals surface area contributed by atoms with Gasteiger partial charge in [0.1, 0.15) is 11.1 Å². The zero-order chi connectivity index (χ0) is 15.6. The maximum atomic E-state index is 12.1. The number of hydrogen-bond donors (Lipinski definition) is 2. The normalized spacial score (nSPS) is 18.8. The number of halogens is 1. The van der Waals surface area contributed by atoms with Crippen molar-refractivity contribution in [1.29, 1.82) is 0 Å². The van der Waals surface area contributed by atoms with Gasteiger partial charge in [0.05, 0.1) is 11.9 Å². The van der Waals surface area contributed by atoms with E-state index in [-0.39, 0.29) is 23.3 Å². The summed E-state index contributed by atoms with van der Waals surface area (Å²) in [5.74, 6) is -0.455. The summed E-state index contributed by atoms with van der Waals surface area (Å²) in [5.41, 5.74) is -0.0983. The van der Waals surface area contributed by atoms with Gasteiger partial charge in [0, 0.05) is 13.0 Å². The van der Waals surface area contributed by atoms with Gasteiger partial charge >= 0.3 is 0 Å². The van der Waals surface area contributed by atoms with Crippen molar-refractivity contribution in [3.05, 3.63) is 21.6 Å². The molecule has 0 aromatic carbocycles. The Balaban J connectivity index is 2.18. The third-order valence-electron chi connectivity index (χ3n) is 3.09. The molecule has 0 aliphatic carbocycles. The average molecular weight is 313 g/mol. The second-order valence-electron chi connectivity index (χ2n) is 5.40. The van der Waals surface area contributed by atoms with Crippen LogP contribution in [0.5, 0.6) is 0 Å². The molecule has 2 rings (SSSR count). The molecular weight excluding hydrogens is 296 g/mol. The topological polar surface area (TPSA) is 93.1 Å². The highest BCUT2D eigenvalue weighted by Gasteiger charge is 2.27. The van der Waals surface area contributed by atoms with Crippen LogP contribution in [-0.2, 0) is 16.1 Å². The zero-order valence-corrected chi connectivity index (χ0v) is 12.6. The summed E-state index contributed by atoms with van der Waals surface area (Å²) in [6, 6.07) is -0.595. The summed E-state index contributed by atoms with van der Waals surface area (Å²) in [7, 11) is 0. The van der Waals surface area contributed by atoms with Crippen molar-refractivity contribution < 1.29 is 9.59 Å². The van der Waals surface area contributed by atoms with Crippen molar-refractivity contribution in [2.75, 3.05) is 5.32 Å². The van der Waals surface area contributed by atoms with E-state index in [4.69, 9.17) is 11.6 Å². The number of anilines is 1. The molecule has 1 aromatic rings. The molecule has 2 N–H and O–H groups in total. The minimum Gasteiger partial charge on any atom is -0.371 e. The predicted octanol–water partition coefficient (Wildman–Crippen LogP) is 0.770. The second kappa shape index (κ2) is 6.26. The second-order valence-corrected chi connectivity index (χ2v) is 5.78. The Hall–Kier alpha value is -1.89. The molecule has 2 heterocycles. The lowest BCUT2D eigenvalue weighted by atomic mass is 10.1. The largest absolute Gasteiger partial charge is 0.371 e. The quantitative estimate of drug-likeness (QED) is 0.801. The molecule has 21 heavy (non-hydrogen) atoms. The fourth-order valence-electron chi connectivity index (χ4n) is 2.06. The van der Waals surface area contributed by atoms with Gasteiger partial charge in [0.2, 0.25) is 11.8 Å². The van der Waals surface area contributed by atoms with Gasteiger partial charge in [0.15, 0.2) is 0 Å². The lowest BCUT2D eigenvalue weighted by Gasteiger charge is -2.23. The van der Waals surface area contributed by atoms with Crippen LogP contribution in [0.3, 0.4) is 0 Å². The van der Waals surface area contributed by atoms with Gasteiger partial charge in [-0.25, -0.2) is 4.68 Å². The van der Waals surface area contributed by atoms with Crippen molar-refractivity contribution >= 4 is 29.1 Å². The number of rotatable bonds is 4. The van der Waals surface area contributed by atoms with Crippen LogP contribution in [0.1, 0.15) is 26.7 Å². The molecule has 7 nitrogen and oxygen atoms in total. The number of piperidine rings is 1. The van der Waals surface area contributed by atoms with E-state index in [1.807, 2.05) is 13.8 Å². The van der Waals surface area contributed by atoms with Gasteiger partial charge in [-0.15, -0.1) is 0 Å². The number of hydrogen-bond acceptors (Lipinski definition) is 5. The van der Waals surface area contributed by atoms with E-state index in [1.54, 1.807) is 0 Å². The van der Waals surface area contributed by atoms with Gasteiger partial charge in [-0.2, -0.15) is 5.10 Å². The van der Waals surface area contributed by atoms with Gasteiger partial charge in [-0.1, -0.05) is 25.4 Å². The number of nitrogens with one attached hydrogen (secondary N) is 2. The Morgan fingerprint density at radius 2 is 2.19 bits per heavy atom. The van der Waals surface area contributed by atoms with Crippen LogP contribution in [0.2, 0.25) is 5.02 Å². The van der Waals surface area contributed by atoms with E-state index in [0.29, 0.717) is 18.7 Å². The minimum absolute atomic E-state index is 0.00431. The highest BCUT2D eigenvalue weighted by Crippen LogP contribution is 2.19. The number of carbonyl (C=O) groups excluding carboxylic acids is 2. The Labute approximate surface area is 126 Å². The molecule has 1 aliphatic rings. The molecule has 1 aliphatic heterocycles. The molecule has 1 saturated heterocycles. The van der Waals surface area contributed by atoms with Crippen molar-refractivity contribution in [3.63, 3.8) is 0 Å². The molecule has 2 amide bonds. The smallest absolute Gasteiger partial charge is 0.287 e. The molecule has 1 atom stereocenters. The minimum atomic E-state index is -0.595. The monoisotopic (exact) mass is 312 g/mol. The molecule has 8 heteroatoms. The first kappa shape index (κ1) is 15.5. The van der Waals surface area contributed by atoms with Crippen LogP contribution in [0.15, 0.2) is 11.0 Å². The molecule has 0 spiro atoms. The standard InChI is InChI=1S/C13H17ClN4O3/c1-7(2)6-18-13(21)11(14)9(5-15-18)16-8-3-4-10(19)17-12(8)20/h5,7-8,16H,3-4,6H2,1-2H3,(H,17,19,20). The lowest BCUT2D eigenvalue weighted by molar-refractivity contribution is -0.133. The molecule has 0 bridgehead atoms. The van der Waals surface area contributed by atoms with Gasteiger partial charge in [-0.05, 0) is 12.3 Å². The van der Waals surface area contributed by atoms with Gasteiger partial charge in [-0.3, -0.25) is 19.7 Å². The summed E-state index contributed by atoms with van der Waals surface area (Å²) >= 11 is 6.04. The number of aromatic nitrogens is 2. The molecule has 1 aromatic heterocycles. The van der Waals surface area contributed by atoms with E-state index in [0.717, 1.165) is 0 Å². The van der Waals surface area contributed by atoms with Crippen molar-refractivity contribution in [2.24, 2.45) is 5.92 Å². The molecule has 1 fully saturated rings. The summed E-state index contributed by atoms with van der Waals surface area (Å²) in [5, 5.41) is 9.14. The van der Waals surface area contributed by atoms with Crippen LogP contribution in [-0.4, -0.2) is 27.6 Å². The third-order valence-corrected chi connectivity index (χ3v) is 3.46. The maximum Gasteiger partial charge on any atom is 0.287 e. The fraction of sp³-hybridized carbons (Fsp3) is 0.538. The first-order chi connectivity index (χ1) is 9.88. The summed E-state index contributed by atoms with van der Waals surface area (Å²) in [6.07, 6.45) is 2.03. The summed E-state index contributed by atoms with van der Waals surface area (Å²) < 4.78 is 1.29. The Morgan fingerprint density at radius 3 is 2.81 bits per heavy atom. The van der Waals surface area contributed by atoms with Crippen molar-refractivity contribution in [2.45, 2.75) is 39.3 Å². The van der Waals surface area contributed by atoms with Crippen LogP contribution in [0.25, 0.3) is 0 Å². The highest BCUT2D eigenvalue weighted by molar-refractivity contribution is 6.33. The highest BCUT2D eigenvalue weighted by atomic mass is 35.5. The lowest BCUT2D eigenvalue weighted by Crippen LogP contribution is -2.47. The molecule has 0 saturated carbocycles. The zero-order valence-electron chi connectivity index (χ0n) is 11.9. The van der Waals surface area contributed by atoms with Gasteiger partial charge in [0.25, 0.3) is 5.56 Å². The van der Waals surface area contributed by atoms with Crippen LogP contribution >= 0.6 is 11.6 Å². The van der Waals surface area contributed by atoms with E-state index in [2.05, 4.69) is 15.7 Å². The Bertz CT molecular complexity index is 626. The fourth-order valence-corrected chi connectivity index (χ4v) is 2.26. The van der Waals surface area contributed by atoms with E-state index in [9.17, 15) is 14.4 Å². The average Bonchev–Trinajstić information content (AvgIpc) is 2.40. The molecule has 114 valence electrons. The van der Waals surface area contributed by atoms with Crippen LogP contribution in [0.4, 0.5) is 5.69 Å². The van der Waals surface area contributed by atoms with E-state index in [1.165, 1.54) is 10.9 Å². The number of amides is 2. The molecule has 1 unspecified atom stereocenters. The number of carbonyl (C=O) groups is 2. The first-order valence-corrected chi connectivity index (χ1v) is 7.12. The molecule has 0 radical (unpaired) electrons. The van der Waals surface area contributed by atoms with Gasteiger partial charge < -0.3 is 5.32 Å². The Morgan fingerprint density at radius 1 is 1.48 bits per heavy atom. The van der Waals surface area contributed by atoms with Crippen LogP contribution in [0, 0.1) is 5.92 Å². The third kappa shape index (κ3) is 3.60. The summed E-state index contributed by atoms with van der Waals surface area (Å²) in [4.78, 5) is 34.8. The maximum absolute atomic E-state index is 12.1. The number of nitrogens with zero attached hydrogens (tertiary/aromatic N) is 2. The Kier molecular flexibility index (Phi) is 4.62. The number of imide groups is 1. The van der Waals surface area contributed by atoms with Crippen molar-refractivity contribution in [3.8, 4) is 0 Å². The molecular formula is C13H17ClN4O3. The summed E-state index contributed by atoms with van der Waals surface area (Å²) in [6.45, 7) is 4.41. The van der Waals surface area contributed by atoms with Crippen molar-refractivity contribution in [1.82, 2.24) is 15.1 Å². The van der Waals surface area contributed by atoms with E-state index < -0.39 is 17.5 Å². The van der Waals surface area contributed by atoms with Crippen LogP contribution < -0.4 is 16.2 Å². The first-order valence-electron chi connectivity index (χ1n) is 6.74. The predicted molar refractivity (Wildman–Crippen MR) is 78.1 cm³/mol. The van der Waals surface area contributed by atoms with E-state index >= 15 is 0 Å².